The summed E-state index contributed by atoms with van der Waals surface area (Å²) in [5, 5.41) is 0. The summed E-state index contributed by atoms with van der Waals surface area (Å²) < 4.78 is 82.5. The van der Waals surface area contributed by atoms with Crippen molar-refractivity contribution in [1.82, 2.24) is 0 Å². The van der Waals surface area contributed by atoms with Gasteiger partial charge in [-0.15, -0.1) is 0 Å². The highest BCUT2D eigenvalue weighted by molar-refractivity contribution is 5.18. The molecule has 3 fully saturated rings. The smallest absolute Gasteiger partial charge is 0.224 e. The lowest BCUT2D eigenvalue weighted by Crippen LogP contribution is -2.65. The van der Waals surface area contributed by atoms with Crippen LogP contribution in [0.3, 0.4) is 0 Å². The van der Waals surface area contributed by atoms with E-state index >= 15 is 0 Å². The van der Waals surface area contributed by atoms with E-state index in [-0.39, 0.29) is 59.5 Å². The highest BCUT2D eigenvalue weighted by Crippen LogP contribution is 2.42. The predicted molar refractivity (Wildman–Crippen MR) is 261 cm³/mol. The van der Waals surface area contributed by atoms with E-state index in [2.05, 4.69) is 0 Å². The zero-order valence-electron chi connectivity index (χ0n) is 39.5. The van der Waals surface area contributed by atoms with Crippen LogP contribution in [0.25, 0.3) is 0 Å². The Labute approximate surface area is 411 Å². The van der Waals surface area contributed by atoms with Crippen molar-refractivity contribution in [2.75, 3.05) is 46.2 Å². The first-order chi connectivity index (χ1) is 34.7. The molecule has 70 heavy (non-hydrogen) atoms. The van der Waals surface area contributed by atoms with Crippen molar-refractivity contribution in [2.24, 2.45) is 0 Å². The Morgan fingerprint density at radius 1 is 0.357 bits per heavy atom. The minimum Gasteiger partial charge on any atom is -0.377 e. The molecular formula is C58H64O12. The van der Waals surface area contributed by atoms with Gasteiger partial charge in [0.25, 0.3) is 0 Å². The molecule has 12 nitrogen and oxygen atoms in total. The van der Waals surface area contributed by atoms with Crippen molar-refractivity contribution in [3.8, 4) is 0 Å². The van der Waals surface area contributed by atoms with Crippen LogP contribution >= 0.6 is 0 Å². The summed E-state index contributed by atoms with van der Waals surface area (Å²) in [5.74, 6) is -1.67. The van der Waals surface area contributed by atoms with Gasteiger partial charge >= 0.3 is 0 Å². The normalized spacial score (nSPS) is 26.4. The van der Waals surface area contributed by atoms with Crippen LogP contribution < -0.4 is 0 Å². The minimum atomic E-state index is -1.67. The summed E-state index contributed by atoms with van der Waals surface area (Å²) in [4.78, 5) is 0. The molecule has 0 N–H and O–H groups in total. The Bertz CT molecular complexity index is 2350. The van der Waals surface area contributed by atoms with Crippen molar-refractivity contribution < 1.29 is 56.8 Å². The van der Waals surface area contributed by atoms with Crippen molar-refractivity contribution in [2.45, 2.75) is 94.4 Å². The quantitative estimate of drug-likeness (QED) is 0.0773. The third-order valence-corrected chi connectivity index (χ3v) is 12.5. The van der Waals surface area contributed by atoms with Gasteiger partial charge in [0.2, 0.25) is 5.79 Å². The predicted octanol–water partition coefficient (Wildman–Crippen LogP) is 9.03. The van der Waals surface area contributed by atoms with Gasteiger partial charge in [0.05, 0.1) is 79.3 Å². The molecular weight excluding hydrogens is 889 g/mol. The molecule has 3 saturated heterocycles. The van der Waals surface area contributed by atoms with E-state index in [9.17, 15) is 0 Å². The number of hydrogen-bond acceptors (Lipinski definition) is 12. The second-order valence-corrected chi connectivity index (χ2v) is 17.6. The molecule has 9 atom stereocenters. The van der Waals surface area contributed by atoms with E-state index in [4.69, 9.17) is 56.8 Å². The van der Waals surface area contributed by atoms with Crippen LogP contribution in [-0.4, -0.2) is 101 Å². The number of hydrogen-bond donors (Lipinski definition) is 0. The molecule has 0 spiro atoms. The topological polar surface area (TPSA) is 111 Å². The first-order valence-electron chi connectivity index (χ1n) is 24.3. The number of fused-ring (bicyclic) bond motifs is 4. The van der Waals surface area contributed by atoms with E-state index in [1.165, 1.54) is 0 Å². The van der Waals surface area contributed by atoms with Crippen molar-refractivity contribution in [3.63, 3.8) is 0 Å². The van der Waals surface area contributed by atoms with Gasteiger partial charge in [0.15, 0.2) is 6.29 Å². The van der Waals surface area contributed by atoms with E-state index in [0.717, 1.165) is 33.4 Å². The standard InChI is InChI=1S/C58H64O12/c1-7-19-44(20-8-1)35-62-43-58-56(67-40-49-29-17-6-18-30-49)53(64-37-46-23-11-3-12-24-46)51(69-58)42-61-34-32-59-31-33-60-41-50-52(63-36-45-21-9-2-10-22-45)54(65-38-47-25-13-4-14-26-47)55(57(68-50)70-58)66-39-48-27-15-5-16-28-48/h1-30,50-57H,31-43H2/t50-,51-,52+,53-,54+,55-,56+,57-,58+/m1/s1. The van der Waals surface area contributed by atoms with Crippen LogP contribution in [0.5, 0.6) is 0 Å². The molecule has 0 aromatic heterocycles. The summed E-state index contributed by atoms with van der Waals surface area (Å²) in [5.41, 5.74) is 5.86. The average Bonchev–Trinajstić information content (AvgIpc) is 3.69. The van der Waals surface area contributed by atoms with Crippen LogP contribution in [0.2, 0.25) is 0 Å². The first-order valence-corrected chi connectivity index (χ1v) is 24.3. The van der Waals surface area contributed by atoms with Crippen molar-refractivity contribution in [1.29, 1.82) is 0 Å². The Morgan fingerprint density at radius 2 is 0.729 bits per heavy atom. The fourth-order valence-corrected chi connectivity index (χ4v) is 8.95. The fraction of sp³-hybridized carbons (Fsp3) is 0.379. The second-order valence-electron chi connectivity index (χ2n) is 17.6. The third-order valence-electron chi connectivity index (χ3n) is 12.5. The molecule has 6 aromatic carbocycles. The third kappa shape index (κ3) is 14.0. The number of benzene rings is 6. The minimum absolute atomic E-state index is 0.0813. The van der Waals surface area contributed by atoms with Gasteiger partial charge in [-0.2, -0.15) is 0 Å². The molecule has 3 aliphatic rings. The molecule has 3 heterocycles. The van der Waals surface area contributed by atoms with Gasteiger partial charge in [-0.3, -0.25) is 0 Å². The van der Waals surface area contributed by atoms with Crippen molar-refractivity contribution >= 4 is 0 Å². The number of ether oxygens (including phenoxy) is 12. The Hall–Kier alpha value is -5.16. The van der Waals surface area contributed by atoms with Gasteiger partial charge in [0.1, 0.15) is 49.3 Å². The summed E-state index contributed by atoms with van der Waals surface area (Å²) >= 11 is 0. The lowest BCUT2D eigenvalue weighted by molar-refractivity contribution is -0.398. The van der Waals surface area contributed by atoms with Gasteiger partial charge in [0, 0.05) is 0 Å². The van der Waals surface area contributed by atoms with Gasteiger partial charge < -0.3 is 56.8 Å². The highest BCUT2D eigenvalue weighted by atomic mass is 16.8. The molecule has 4 bridgehead atoms. The monoisotopic (exact) mass is 952 g/mol. The number of rotatable bonds is 19. The van der Waals surface area contributed by atoms with E-state index in [1.54, 1.807) is 0 Å². The van der Waals surface area contributed by atoms with E-state index in [1.807, 2.05) is 182 Å². The maximum Gasteiger partial charge on any atom is 0.224 e. The Kier molecular flexibility index (Phi) is 18.7. The molecule has 3 aliphatic heterocycles. The Morgan fingerprint density at radius 3 is 1.20 bits per heavy atom. The van der Waals surface area contributed by atoms with Gasteiger partial charge in [-0.05, 0) is 33.4 Å². The van der Waals surface area contributed by atoms with Gasteiger partial charge in [-0.1, -0.05) is 182 Å². The van der Waals surface area contributed by atoms with Crippen LogP contribution in [0.4, 0.5) is 0 Å². The van der Waals surface area contributed by atoms with Crippen LogP contribution in [0, 0.1) is 0 Å². The summed E-state index contributed by atoms with van der Waals surface area (Å²) in [6, 6.07) is 60.2. The SMILES string of the molecule is c1ccc(COC[C@@]23O[C@H]4O[C@H](COCCOCCOC[C@@H](O2)[C@@H](OCc2ccccc2)[C@@H]3OCc2ccccc2)[C@H](OCc2ccccc2)[C@H](OCc2ccccc2)[C@H]4OCc2ccccc2)cc1. The van der Waals surface area contributed by atoms with Crippen molar-refractivity contribution in [3.05, 3.63) is 215 Å². The lowest BCUT2D eigenvalue weighted by atomic mass is 9.97. The van der Waals surface area contributed by atoms with Gasteiger partial charge in [-0.25, -0.2) is 0 Å². The molecule has 6 aromatic rings. The fourth-order valence-electron chi connectivity index (χ4n) is 8.95. The molecule has 12 heteroatoms. The summed E-state index contributed by atoms with van der Waals surface area (Å²) in [6.07, 6.45) is -6.50. The zero-order chi connectivity index (χ0) is 47.5. The van der Waals surface area contributed by atoms with Crippen LogP contribution in [0.1, 0.15) is 33.4 Å². The van der Waals surface area contributed by atoms with E-state index in [0.29, 0.717) is 26.4 Å². The molecule has 0 radical (unpaired) electrons. The first kappa shape index (κ1) is 49.8. The molecule has 0 amide bonds. The second kappa shape index (κ2) is 26.3. The Balaban J connectivity index is 1.14. The van der Waals surface area contributed by atoms with Crippen LogP contribution in [-0.2, 0) is 96.5 Å². The van der Waals surface area contributed by atoms with E-state index < -0.39 is 54.8 Å². The molecule has 0 unspecified atom stereocenters. The molecule has 0 aliphatic carbocycles. The summed E-state index contributed by atoms with van der Waals surface area (Å²) in [6.45, 7) is 3.06. The maximum atomic E-state index is 7.55. The van der Waals surface area contributed by atoms with Crippen LogP contribution in [0.15, 0.2) is 182 Å². The largest absolute Gasteiger partial charge is 0.377 e. The summed E-state index contributed by atoms with van der Waals surface area (Å²) in [7, 11) is 0. The zero-order valence-corrected chi connectivity index (χ0v) is 39.5. The molecule has 368 valence electrons. The molecule has 0 saturated carbocycles. The highest BCUT2D eigenvalue weighted by Gasteiger charge is 2.62. The maximum absolute atomic E-state index is 7.55. The average molecular weight is 953 g/mol. The molecule has 9 rings (SSSR count). The lowest BCUT2D eigenvalue weighted by Gasteiger charge is -2.48.